The zero-order valence-corrected chi connectivity index (χ0v) is 12.2. The summed E-state index contributed by atoms with van der Waals surface area (Å²) in [5.41, 5.74) is 2.46. The molecule has 3 rings (SSSR count). The molecule has 2 aliphatic rings. The van der Waals surface area contributed by atoms with Crippen molar-refractivity contribution in [2.75, 3.05) is 26.7 Å². The molecule has 2 bridgehead atoms. The molecule has 0 radical (unpaired) electrons. The summed E-state index contributed by atoms with van der Waals surface area (Å²) in [6.45, 7) is 6.85. The van der Waals surface area contributed by atoms with Crippen LogP contribution in [0, 0.1) is 12.8 Å². The van der Waals surface area contributed by atoms with E-state index in [9.17, 15) is 0 Å². The van der Waals surface area contributed by atoms with Gasteiger partial charge in [-0.15, -0.1) is 0 Å². The molecule has 0 unspecified atom stereocenters. The van der Waals surface area contributed by atoms with Crippen molar-refractivity contribution in [2.45, 2.75) is 38.8 Å². The minimum atomic E-state index is 0.748. The van der Waals surface area contributed by atoms with E-state index < -0.39 is 0 Å². The molecule has 19 heavy (non-hydrogen) atoms. The molecule has 1 aromatic heterocycles. The van der Waals surface area contributed by atoms with Crippen LogP contribution in [0.25, 0.3) is 0 Å². The maximum atomic E-state index is 4.56. The van der Waals surface area contributed by atoms with Crippen molar-refractivity contribution < 1.29 is 0 Å². The van der Waals surface area contributed by atoms with Crippen LogP contribution in [0.1, 0.15) is 30.5 Å². The van der Waals surface area contributed by atoms with Crippen molar-refractivity contribution in [3.63, 3.8) is 0 Å². The number of rotatable bonds is 2. The van der Waals surface area contributed by atoms with Crippen molar-refractivity contribution >= 4 is 0 Å². The van der Waals surface area contributed by atoms with Gasteiger partial charge in [0.15, 0.2) is 0 Å². The van der Waals surface area contributed by atoms with Crippen LogP contribution >= 0.6 is 0 Å². The van der Waals surface area contributed by atoms with Gasteiger partial charge < -0.3 is 4.90 Å². The topological polar surface area (TPSA) is 19.4 Å². The summed E-state index contributed by atoms with van der Waals surface area (Å²) in [5, 5.41) is 0. The Morgan fingerprint density at radius 1 is 1.21 bits per heavy atom. The normalized spacial score (nSPS) is 29.2. The zero-order valence-electron chi connectivity index (χ0n) is 12.2. The number of hydrogen-bond acceptors (Lipinski definition) is 3. The summed E-state index contributed by atoms with van der Waals surface area (Å²) in [6, 6.07) is 5.10. The SMILES string of the molecule is Cc1ccc(CN2C[C@H]3CCC[C@@H](C2)N(C)C3)nc1. The molecule has 104 valence electrons. The molecule has 0 aliphatic carbocycles. The fourth-order valence-corrected chi connectivity index (χ4v) is 3.58. The summed E-state index contributed by atoms with van der Waals surface area (Å²) < 4.78 is 0. The summed E-state index contributed by atoms with van der Waals surface area (Å²) in [4.78, 5) is 9.76. The number of likely N-dealkylation sites (tertiary alicyclic amines) is 1. The van der Waals surface area contributed by atoms with Crippen molar-refractivity contribution in [1.82, 2.24) is 14.8 Å². The maximum Gasteiger partial charge on any atom is 0.0544 e. The van der Waals surface area contributed by atoms with Crippen LogP contribution in [-0.4, -0.2) is 47.5 Å². The lowest BCUT2D eigenvalue weighted by atomic mass is 10.00. The zero-order chi connectivity index (χ0) is 13.2. The highest BCUT2D eigenvalue weighted by atomic mass is 15.2. The van der Waals surface area contributed by atoms with Crippen LogP contribution in [-0.2, 0) is 6.54 Å². The van der Waals surface area contributed by atoms with E-state index in [2.05, 4.69) is 40.9 Å². The monoisotopic (exact) mass is 259 g/mol. The number of aryl methyl sites for hydroxylation is 1. The lowest BCUT2D eigenvalue weighted by Crippen LogP contribution is -2.38. The van der Waals surface area contributed by atoms with Gasteiger partial charge in [-0.1, -0.05) is 12.5 Å². The van der Waals surface area contributed by atoms with Crippen molar-refractivity contribution in [2.24, 2.45) is 5.92 Å². The molecule has 2 atom stereocenters. The molecule has 2 saturated heterocycles. The Bertz CT molecular complexity index is 415. The molecular weight excluding hydrogens is 234 g/mol. The van der Waals surface area contributed by atoms with Crippen LogP contribution in [0.5, 0.6) is 0 Å². The Balaban J connectivity index is 1.69. The number of nitrogens with zero attached hydrogens (tertiary/aromatic N) is 3. The van der Waals surface area contributed by atoms with Gasteiger partial charge in [0.1, 0.15) is 0 Å². The highest BCUT2D eigenvalue weighted by Crippen LogP contribution is 2.26. The number of fused-ring (bicyclic) bond motifs is 3. The smallest absolute Gasteiger partial charge is 0.0544 e. The van der Waals surface area contributed by atoms with Crippen LogP contribution in [0.15, 0.2) is 18.3 Å². The fourth-order valence-electron chi connectivity index (χ4n) is 3.58. The Morgan fingerprint density at radius 2 is 2.11 bits per heavy atom. The third kappa shape index (κ3) is 3.15. The van der Waals surface area contributed by atoms with Crippen LogP contribution in [0.4, 0.5) is 0 Å². The fraction of sp³-hybridized carbons (Fsp3) is 0.688. The van der Waals surface area contributed by atoms with Gasteiger partial charge in [-0.2, -0.15) is 0 Å². The van der Waals surface area contributed by atoms with Crippen LogP contribution < -0.4 is 0 Å². The Labute approximate surface area is 116 Å². The predicted octanol–water partition coefficient (Wildman–Crippen LogP) is 2.31. The average Bonchev–Trinajstić information content (AvgIpc) is 2.61. The van der Waals surface area contributed by atoms with Crippen molar-refractivity contribution in [1.29, 1.82) is 0 Å². The molecule has 0 amide bonds. The van der Waals surface area contributed by atoms with Crippen molar-refractivity contribution in [3.8, 4) is 0 Å². The second kappa shape index (κ2) is 5.59. The molecule has 1 aromatic rings. The number of hydrogen-bond donors (Lipinski definition) is 0. The van der Waals surface area contributed by atoms with E-state index in [1.54, 1.807) is 0 Å². The first-order chi connectivity index (χ1) is 9.20. The third-order valence-corrected chi connectivity index (χ3v) is 4.66. The van der Waals surface area contributed by atoms with E-state index in [1.165, 1.54) is 50.2 Å². The summed E-state index contributed by atoms with van der Waals surface area (Å²) in [7, 11) is 2.30. The summed E-state index contributed by atoms with van der Waals surface area (Å²) in [6.07, 6.45) is 6.17. The molecule has 0 N–H and O–H groups in total. The number of likely N-dealkylation sites (N-methyl/N-ethyl adjacent to an activating group) is 1. The molecule has 2 aliphatic heterocycles. The summed E-state index contributed by atoms with van der Waals surface area (Å²) in [5.74, 6) is 0.850. The Morgan fingerprint density at radius 3 is 2.89 bits per heavy atom. The number of aromatic nitrogens is 1. The quantitative estimate of drug-likeness (QED) is 0.812. The van der Waals surface area contributed by atoms with Gasteiger partial charge in [-0.25, -0.2) is 0 Å². The number of pyridine rings is 1. The Kier molecular flexibility index (Phi) is 3.85. The third-order valence-electron chi connectivity index (χ3n) is 4.66. The first-order valence-electron chi connectivity index (χ1n) is 7.55. The van der Waals surface area contributed by atoms with E-state index in [1.807, 2.05) is 6.20 Å². The van der Waals surface area contributed by atoms with Crippen molar-refractivity contribution in [3.05, 3.63) is 29.6 Å². The van der Waals surface area contributed by atoms with Gasteiger partial charge in [0.25, 0.3) is 0 Å². The molecule has 3 heterocycles. The van der Waals surface area contributed by atoms with Gasteiger partial charge in [-0.05, 0) is 44.4 Å². The largest absolute Gasteiger partial charge is 0.302 e. The van der Waals surface area contributed by atoms with Gasteiger partial charge in [-0.3, -0.25) is 9.88 Å². The minimum Gasteiger partial charge on any atom is -0.302 e. The minimum absolute atomic E-state index is 0.748. The lowest BCUT2D eigenvalue weighted by molar-refractivity contribution is 0.186. The molecule has 2 fully saturated rings. The lowest BCUT2D eigenvalue weighted by Gasteiger charge is -2.29. The molecule has 3 nitrogen and oxygen atoms in total. The molecule has 0 saturated carbocycles. The second-order valence-corrected chi connectivity index (χ2v) is 6.41. The van der Waals surface area contributed by atoms with E-state index in [-0.39, 0.29) is 0 Å². The first-order valence-corrected chi connectivity index (χ1v) is 7.55. The Hall–Kier alpha value is -0.930. The predicted molar refractivity (Wildman–Crippen MR) is 78.0 cm³/mol. The van der Waals surface area contributed by atoms with Gasteiger partial charge in [0, 0.05) is 38.4 Å². The summed E-state index contributed by atoms with van der Waals surface area (Å²) >= 11 is 0. The van der Waals surface area contributed by atoms with E-state index in [0.717, 1.165) is 18.5 Å². The van der Waals surface area contributed by atoms with E-state index >= 15 is 0 Å². The second-order valence-electron chi connectivity index (χ2n) is 6.41. The highest BCUT2D eigenvalue weighted by Gasteiger charge is 2.30. The molecule has 0 aromatic carbocycles. The molecule has 3 heteroatoms. The van der Waals surface area contributed by atoms with Gasteiger partial charge in [0.05, 0.1) is 5.69 Å². The standard InChI is InChI=1S/C16H25N3/c1-13-6-7-15(17-8-13)11-19-10-14-4-3-5-16(12-19)18(2)9-14/h6-8,14,16H,3-5,9-12H2,1-2H3/t14-,16-/m0/s1. The first kappa shape index (κ1) is 13.1. The molecular formula is C16H25N3. The average molecular weight is 259 g/mol. The van der Waals surface area contributed by atoms with Crippen LogP contribution in [0.3, 0.4) is 0 Å². The van der Waals surface area contributed by atoms with E-state index in [0.29, 0.717) is 0 Å². The van der Waals surface area contributed by atoms with E-state index in [4.69, 9.17) is 0 Å². The van der Waals surface area contributed by atoms with Gasteiger partial charge in [0.2, 0.25) is 0 Å². The highest BCUT2D eigenvalue weighted by molar-refractivity contribution is 5.12. The molecule has 0 spiro atoms. The van der Waals surface area contributed by atoms with Gasteiger partial charge >= 0.3 is 0 Å². The van der Waals surface area contributed by atoms with Crippen LogP contribution in [0.2, 0.25) is 0 Å². The maximum absolute atomic E-state index is 4.56.